The molecule has 0 bridgehead atoms. The molecule has 1 aliphatic rings. The van der Waals surface area contributed by atoms with E-state index in [0.717, 1.165) is 25.3 Å². The topological polar surface area (TPSA) is 50.5 Å². The summed E-state index contributed by atoms with van der Waals surface area (Å²) < 4.78 is 11.3. The molecule has 2 heterocycles. The zero-order chi connectivity index (χ0) is 14.0. The Balaban J connectivity index is 1.96. The largest absolute Gasteiger partial charge is 0.432 e. The van der Waals surface area contributed by atoms with Crippen LogP contribution in [0.4, 0.5) is 6.01 Å². The minimum absolute atomic E-state index is 0.0844. The van der Waals surface area contributed by atoms with Crippen LogP contribution in [0.5, 0.6) is 0 Å². The van der Waals surface area contributed by atoms with E-state index >= 15 is 0 Å². The van der Waals surface area contributed by atoms with Gasteiger partial charge in [0.1, 0.15) is 6.26 Å². The van der Waals surface area contributed by atoms with Crippen molar-refractivity contribution in [3.05, 3.63) is 12.0 Å². The molecule has 1 aromatic heterocycles. The van der Waals surface area contributed by atoms with E-state index < -0.39 is 0 Å². The Morgan fingerprint density at radius 1 is 1.32 bits per heavy atom. The first-order valence-electron chi connectivity index (χ1n) is 6.93. The Morgan fingerprint density at radius 2 is 1.95 bits per heavy atom. The quantitative estimate of drug-likeness (QED) is 0.909. The summed E-state index contributed by atoms with van der Waals surface area (Å²) in [6.45, 7) is 13.0. The molecule has 1 fully saturated rings. The molecule has 19 heavy (non-hydrogen) atoms. The summed E-state index contributed by atoms with van der Waals surface area (Å²) in [6, 6.07) is 0.702. The van der Waals surface area contributed by atoms with E-state index in [4.69, 9.17) is 9.15 Å². The molecule has 0 saturated carbocycles. The van der Waals surface area contributed by atoms with Gasteiger partial charge in [-0.15, -0.1) is 0 Å². The summed E-state index contributed by atoms with van der Waals surface area (Å²) in [5.41, 5.74) is 1.03. The molecule has 0 radical (unpaired) electrons. The number of ether oxygens (including phenoxy) is 1. The lowest BCUT2D eigenvalue weighted by molar-refractivity contribution is -0.00670. The number of hydrogen-bond acceptors (Lipinski definition) is 5. The first-order chi connectivity index (χ1) is 8.83. The zero-order valence-electron chi connectivity index (χ0n) is 12.6. The van der Waals surface area contributed by atoms with Crippen LogP contribution in [0, 0.1) is 0 Å². The maximum absolute atomic E-state index is 5.71. The molecule has 0 spiro atoms. The van der Waals surface area contributed by atoms with Gasteiger partial charge >= 0.3 is 0 Å². The van der Waals surface area contributed by atoms with Crippen LogP contribution in [0.25, 0.3) is 0 Å². The Labute approximate surface area is 115 Å². The average molecular weight is 267 g/mol. The minimum atomic E-state index is 0.0844. The number of morpholine rings is 1. The van der Waals surface area contributed by atoms with Gasteiger partial charge in [-0.3, -0.25) is 0 Å². The van der Waals surface area contributed by atoms with Crippen molar-refractivity contribution < 1.29 is 9.15 Å². The maximum atomic E-state index is 5.71. The fraction of sp³-hybridized carbons (Fsp3) is 0.786. The van der Waals surface area contributed by atoms with Crippen molar-refractivity contribution in [3.8, 4) is 0 Å². The van der Waals surface area contributed by atoms with Gasteiger partial charge in [-0.25, -0.2) is 0 Å². The lowest BCUT2D eigenvalue weighted by atomic mass is 10.1. The normalized spacial score (nSPS) is 24.8. The van der Waals surface area contributed by atoms with E-state index in [9.17, 15) is 0 Å². The van der Waals surface area contributed by atoms with Gasteiger partial charge in [0.2, 0.25) is 0 Å². The van der Waals surface area contributed by atoms with Crippen LogP contribution in [0.1, 0.15) is 40.3 Å². The van der Waals surface area contributed by atoms with Crippen molar-refractivity contribution in [2.75, 3.05) is 18.0 Å². The van der Waals surface area contributed by atoms with Crippen LogP contribution in [0.2, 0.25) is 0 Å². The third kappa shape index (κ3) is 4.21. The summed E-state index contributed by atoms with van der Waals surface area (Å²) in [6.07, 6.45) is 2.16. The highest BCUT2D eigenvalue weighted by molar-refractivity contribution is 5.28. The molecule has 108 valence electrons. The highest BCUT2D eigenvalue weighted by Crippen LogP contribution is 2.19. The molecule has 0 amide bonds. The van der Waals surface area contributed by atoms with Crippen molar-refractivity contribution in [1.29, 1.82) is 0 Å². The second-order valence-corrected chi connectivity index (χ2v) is 6.39. The smallest absolute Gasteiger partial charge is 0.297 e. The molecule has 1 N–H and O–H groups in total. The maximum Gasteiger partial charge on any atom is 0.297 e. The van der Waals surface area contributed by atoms with Gasteiger partial charge in [0.25, 0.3) is 6.01 Å². The fourth-order valence-corrected chi connectivity index (χ4v) is 2.21. The number of oxazole rings is 1. The molecular formula is C14H25N3O2. The van der Waals surface area contributed by atoms with E-state index in [0.29, 0.717) is 6.01 Å². The van der Waals surface area contributed by atoms with Crippen molar-refractivity contribution in [1.82, 2.24) is 10.3 Å². The Morgan fingerprint density at radius 3 is 2.53 bits per heavy atom. The van der Waals surface area contributed by atoms with Crippen LogP contribution in [-0.2, 0) is 11.3 Å². The zero-order valence-corrected chi connectivity index (χ0v) is 12.6. The molecule has 5 heteroatoms. The summed E-state index contributed by atoms with van der Waals surface area (Å²) in [7, 11) is 0. The van der Waals surface area contributed by atoms with E-state index in [1.165, 1.54) is 0 Å². The van der Waals surface area contributed by atoms with Crippen molar-refractivity contribution in [2.24, 2.45) is 0 Å². The molecule has 0 aliphatic carbocycles. The van der Waals surface area contributed by atoms with Gasteiger partial charge in [-0.05, 0) is 34.6 Å². The molecule has 1 saturated heterocycles. The van der Waals surface area contributed by atoms with Gasteiger partial charge < -0.3 is 19.4 Å². The predicted molar refractivity (Wildman–Crippen MR) is 75.3 cm³/mol. The predicted octanol–water partition coefficient (Wildman–Crippen LogP) is 2.18. The number of nitrogens with zero attached hydrogens (tertiary/aromatic N) is 2. The summed E-state index contributed by atoms with van der Waals surface area (Å²) in [5, 5.41) is 3.41. The van der Waals surface area contributed by atoms with Crippen LogP contribution >= 0.6 is 0 Å². The van der Waals surface area contributed by atoms with Gasteiger partial charge in [-0.2, -0.15) is 4.98 Å². The average Bonchev–Trinajstić information content (AvgIpc) is 2.72. The fourth-order valence-electron chi connectivity index (χ4n) is 2.21. The van der Waals surface area contributed by atoms with Gasteiger partial charge in [-0.1, -0.05) is 0 Å². The number of hydrogen-bond donors (Lipinski definition) is 1. The lowest BCUT2D eigenvalue weighted by Crippen LogP contribution is -2.45. The van der Waals surface area contributed by atoms with Crippen molar-refractivity contribution >= 4 is 6.01 Å². The monoisotopic (exact) mass is 267 g/mol. The first kappa shape index (κ1) is 14.3. The van der Waals surface area contributed by atoms with Gasteiger partial charge in [0.05, 0.1) is 17.9 Å². The van der Waals surface area contributed by atoms with Crippen LogP contribution in [0.3, 0.4) is 0 Å². The first-order valence-corrected chi connectivity index (χ1v) is 6.93. The van der Waals surface area contributed by atoms with Crippen LogP contribution in [-0.4, -0.2) is 35.8 Å². The lowest BCUT2D eigenvalue weighted by Gasteiger charge is -2.34. The summed E-state index contributed by atoms with van der Waals surface area (Å²) >= 11 is 0. The van der Waals surface area contributed by atoms with Crippen LogP contribution in [0.15, 0.2) is 10.7 Å². The van der Waals surface area contributed by atoms with E-state index in [1.54, 1.807) is 6.26 Å². The number of anilines is 1. The van der Waals surface area contributed by atoms with E-state index in [2.05, 4.69) is 49.8 Å². The molecule has 2 rings (SSSR count). The summed E-state index contributed by atoms with van der Waals surface area (Å²) in [5.74, 6) is 0. The molecule has 5 nitrogen and oxygen atoms in total. The van der Waals surface area contributed by atoms with Crippen molar-refractivity contribution in [2.45, 2.75) is 58.9 Å². The van der Waals surface area contributed by atoms with Gasteiger partial charge in [0.15, 0.2) is 0 Å². The molecule has 1 aromatic rings. The third-order valence-corrected chi connectivity index (χ3v) is 3.03. The molecular weight excluding hydrogens is 242 g/mol. The third-order valence-electron chi connectivity index (χ3n) is 3.03. The van der Waals surface area contributed by atoms with E-state index in [1.807, 2.05) is 0 Å². The molecule has 2 atom stereocenters. The highest BCUT2D eigenvalue weighted by atomic mass is 16.5. The van der Waals surface area contributed by atoms with Crippen molar-refractivity contribution in [3.63, 3.8) is 0 Å². The number of aromatic nitrogens is 1. The van der Waals surface area contributed by atoms with Gasteiger partial charge in [0, 0.05) is 25.2 Å². The van der Waals surface area contributed by atoms with E-state index in [-0.39, 0.29) is 17.7 Å². The SMILES string of the molecule is C[C@@H]1CN(c2nc(CNC(C)(C)C)co2)C[C@H](C)O1. The van der Waals surface area contributed by atoms with Crippen LogP contribution < -0.4 is 10.2 Å². The Hall–Kier alpha value is -1.07. The molecule has 0 unspecified atom stereocenters. The Kier molecular flexibility index (Phi) is 4.16. The number of rotatable bonds is 3. The Bertz CT molecular complexity index is 401. The standard InChI is InChI=1S/C14H25N3O2/c1-10-7-17(8-11(2)19-10)13-16-12(9-18-13)6-15-14(3,4)5/h9-11,15H,6-8H2,1-5H3/t10-,11+. The molecule has 0 aromatic carbocycles. The second kappa shape index (κ2) is 5.51. The molecule has 1 aliphatic heterocycles. The number of nitrogens with one attached hydrogen (secondary N) is 1. The summed E-state index contributed by atoms with van der Waals surface area (Å²) in [4.78, 5) is 6.70. The minimum Gasteiger partial charge on any atom is -0.432 e. The highest BCUT2D eigenvalue weighted by Gasteiger charge is 2.25. The second-order valence-electron chi connectivity index (χ2n) is 6.39.